The molecule has 1 aromatic heterocycles. The fourth-order valence-electron chi connectivity index (χ4n) is 1.19. The van der Waals surface area contributed by atoms with E-state index in [-0.39, 0.29) is 5.91 Å². The van der Waals surface area contributed by atoms with Gasteiger partial charge in [0.15, 0.2) is 0 Å². The first kappa shape index (κ1) is 11.3. The van der Waals surface area contributed by atoms with E-state index >= 15 is 0 Å². The fourth-order valence-corrected chi connectivity index (χ4v) is 2.42. The summed E-state index contributed by atoms with van der Waals surface area (Å²) >= 11 is 6.66. The average Bonchev–Trinajstić information content (AvgIpc) is 2.70. The maximum Gasteiger partial charge on any atom is 0.257 e. The average molecular weight is 345 g/mol. The van der Waals surface area contributed by atoms with Gasteiger partial charge in [-0.1, -0.05) is 15.9 Å². The van der Waals surface area contributed by atoms with Crippen LogP contribution in [0.2, 0.25) is 0 Å². The van der Waals surface area contributed by atoms with Gasteiger partial charge in [-0.15, -0.1) is 0 Å². The Labute approximate surface area is 109 Å². The van der Waals surface area contributed by atoms with Crippen molar-refractivity contribution >= 4 is 43.6 Å². The summed E-state index contributed by atoms with van der Waals surface area (Å²) in [5, 5.41) is 9.10. The number of benzene rings is 1. The first-order valence-corrected chi connectivity index (χ1v) is 6.01. The molecule has 0 saturated carbocycles. The van der Waals surface area contributed by atoms with Crippen molar-refractivity contribution in [3.05, 3.63) is 45.0 Å². The number of hydrogen-bond acceptors (Lipinski definition) is 2. The van der Waals surface area contributed by atoms with Crippen LogP contribution in [0, 0.1) is 0 Å². The zero-order valence-corrected chi connectivity index (χ0v) is 11.2. The van der Waals surface area contributed by atoms with Crippen molar-refractivity contribution in [3.63, 3.8) is 0 Å². The molecule has 82 valence electrons. The number of aromatic nitrogens is 2. The van der Waals surface area contributed by atoms with Crippen LogP contribution in [0.5, 0.6) is 0 Å². The number of hydrogen-bond donors (Lipinski definition) is 2. The predicted molar refractivity (Wildman–Crippen MR) is 68.4 cm³/mol. The van der Waals surface area contributed by atoms with Crippen LogP contribution in [-0.4, -0.2) is 16.1 Å². The van der Waals surface area contributed by atoms with Gasteiger partial charge >= 0.3 is 0 Å². The zero-order valence-electron chi connectivity index (χ0n) is 8.00. The van der Waals surface area contributed by atoms with Crippen molar-refractivity contribution in [2.24, 2.45) is 0 Å². The topological polar surface area (TPSA) is 57.8 Å². The second-order valence-electron chi connectivity index (χ2n) is 3.05. The molecule has 1 heterocycles. The Kier molecular flexibility index (Phi) is 3.40. The van der Waals surface area contributed by atoms with Crippen LogP contribution in [0.15, 0.2) is 39.4 Å². The standard InChI is InChI=1S/C10H7Br2N3O/c11-6-1-2-7(8(12)5-6)10(16)14-9-3-4-13-15-9/h1-5H,(H2,13,14,15,16). The molecule has 0 atom stereocenters. The summed E-state index contributed by atoms with van der Waals surface area (Å²) in [5.74, 6) is 0.378. The van der Waals surface area contributed by atoms with Crippen molar-refractivity contribution in [1.82, 2.24) is 10.2 Å². The minimum atomic E-state index is -0.191. The zero-order chi connectivity index (χ0) is 11.5. The molecule has 4 nitrogen and oxygen atoms in total. The first-order valence-electron chi connectivity index (χ1n) is 4.42. The molecule has 2 N–H and O–H groups in total. The number of amides is 1. The number of carbonyl (C=O) groups excluding carboxylic acids is 1. The summed E-state index contributed by atoms with van der Waals surface area (Å²) < 4.78 is 1.65. The molecular formula is C10H7Br2N3O. The van der Waals surface area contributed by atoms with Crippen molar-refractivity contribution < 1.29 is 4.79 Å². The van der Waals surface area contributed by atoms with E-state index in [1.54, 1.807) is 18.3 Å². The van der Waals surface area contributed by atoms with Crippen LogP contribution < -0.4 is 5.32 Å². The summed E-state index contributed by atoms with van der Waals surface area (Å²) in [6.07, 6.45) is 1.58. The maximum absolute atomic E-state index is 11.8. The summed E-state index contributed by atoms with van der Waals surface area (Å²) in [7, 11) is 0. The van der Waals surface area contributed by atoms with Crippen LogP contribution in [0.3, 0.4) is 0 Å². The lowest BCUT2D eigenvalue weighted by Crippen LogP contribution is -2.12. The molecule has 0 bridgehead atoms. The number of nitrogens with one attached hydrogen (secondary N) is 2. The number of carbonyl (C=O) groups is 1. The molecule has 0 aliphatic heterocycles. The van der Waals surface area contributed by atoms with Crippen LogP contribution in [0.25, 0.3) is 0 Å². The van der Waals surface area contributed by atoms with Crippen LogP contribution >= 0.6 is 31.9 Å². The lowest BCUT2D eigenvalue weighted by Gasteiger charge is -2.04. The van der Waals surface area contributed by atoms with Crippen LogP contribution in [0.1, 0.15) is 10.4 Å². The van der Waals surface area contributed by atoms with E-state index in [2.05, 4.69) is 47.4 Å². The Morgan fingerprint density at radius 3 is 2.75 bits per heavy atom. The molecule has 1 aromatic carbocycles. The van der Waals surface area contributed by atoms with Gasteiger partial charge in [0.25, 0.3) is 5.91 Å². The number of aromatic amines is 1. The smallest absolute Gasteiger partial charge is 0.257 e. The van der Waals surface area contributed by atoms with E-state index in [9.17, 15) is 4.79 Å². The molecule has 16 heavy (non-hydrogen) atoms. The Hall–Kier alpha value is -1.14. The quantitative estimate of drug-likeness (QED) is 0.879. The van der Waals surface area contributed by atoms with Gasteiger partial charge in [-0.2, -0.15) is 5.10 Å². The molecule has 6 heteroatoms. The van der Waals surface area contributed by atoms with E-state index in [1.807, 2.05) is 12.1 Å². The Balaban J connectivity index is 2.21. The molecule has 1 amide bonds. The SMILES string of the molecule is O=C(Nc1ccn[nH]1)c1ccc(Br)cc1Br. The second-order valence-corrected chi connectivity index (χ2v) is 4.82. The highest BCUT2D eigenvalue weighted by Gasteiger charge is 2.10. The third-order valence-electron chi connectivity index (χ3n) is 1.92. The van der Waals surface area contributed by atoms with E-state index < -0.39 is 0 Å². The molecule has 0 saturated heterocycles. The normalized spacial score (nSPS) is 10.1. The Bertz CT molecular complexity index is 511. The molecule has 2 rings (SSSR count). The number of halogens is 2. The fraction of sp³-hybridized carbons (Fsp3) is 0. The van der Waals surface area contributed by atoms with E-state index in [4.69, 9.17) is 0 Å². The summed E-state index contributed by atoms with van der Waals surface area (Å²) in [6.45, 7) is 0. The lowest BCUT2D eigenvalue weighted by molar-refractivity contribution is 0.102. The van der Waals surface area contributed by atoms with Gasteiger partial charge in [0.2, 0.25) is 0 Å². The van der Waals surface area contributed by atoms with Crippen LogP contribution in [0.4, 0.5) is 5.82 Å². The number of rotatable bonds is 2. The van der Waals surface area contributed by atoms with E-state index in [1.165, 1.54) is 0 Å². The van der Waals surface area contributed by atoms with Gasteiger partial charge in [0, 0.05) is 15.0 Å². The van der Waals surface area contributed by atoms with E-state index in [0.29, 0.717) is 11.4 Å². The minimum absolute atomic E-state index is 0.191. The highest BCUT2D eigenvalue weighted by Crippen LogP contribution is 2.22. The third-order valence-corrected chi connectivity index (χ3v) is 3.07. The van der Waals surface area contributed by atoms with E-state index in [0.717, 1.165) is 8.95 Å². The van der Waals surface area contributed by atoms with Crippen molar-refractivity contribution in [1.29, 1.82) is 0 Å². The monoisotopic (exact) mass is 343 g/mol. The molecule has 0 aliphatic rings. The summed E-state index contributed by atoms with van der Waals surface area (Å²) in [5.41, 5.74) is 0.567. The van der Waals surface area contributed by atoms with Gasteiger partial charge < -0.3 is 5.32 Å². The molecule has 0 spiro atoms. The molecule has 0 radical (unpaired) electrons. The number of anilines is 1. The minimum Gasteiger partial charge on any atom is -0.307 e. The lowest BCUT2D eigenvalue weighted by atomic mass is 10.2. The maximum atomic E-state index is 11.8. The highest BCUT2D eigenvalue weighted by molar-refractivity contribution is 9.11. The van der Waals surface area contributed by atoms with Crippen LogP contribution in [-0.2, 0) is 0 Å². The number of nitrogens with zero attached hydrogens (tertiary/aromatic N) is 1. The third kappa shape index (κ3) is 2.51. The van der Waals surface area contributed by atoms with Gasteiger partial charge in [-0.25, -0.2) is 0 Å². The largest absolute Gasteiger partial charge is 0.307 e. The highest BCUT2D eigenvalue weighted by atomic mass is 79.9. The van der Waals surface area contributed by atoms with Gasteiger partial charge in [0.05, 0.1) is 11.8 Å². The summed E-state index contributed by atoms with van der Waals surface area (Å²) in [6, 6.07) is 7.05. The first-order chi connectivity index (χ1) is 7.66. The van der Waals surface area contributed by atoms with Crippen molar-refractivity contribution in [2.45, 2.75) is 0 Å². The summed E-state index contributed by atoms with van der Waals surface area (Å²) in [4.78, 5) is 11.8. The number of H-pyrrole nitrogens is 1. The van der Waals surface area contributed by atoms with Gasteiger partial charge in [-0.05, 0) is 34.1 Å². The Morgan fingerprint density at radius 1 is 1.31 bits per heavy atom. The molecule has 0 aliphatic carbocycles. The van der Waals surface area contributed by atoms with Gasteiger partial charge in [0.1, 0.15) is 5.82 Å². The second kappa shape index (κ2) is 4.80. The van der Waals surface area contributed by atoms with Crippen molar-refractivity contribution in [3.8, 4) is 0 Å². The molecule has 0 unspecified atom stereocenters. The molecular weight excluding hydrogens is 338 g/mol. The Morgan fingerprint density at radius 2 is 2.12 bits per heavy atom. The van der Waals surface area contributed by atoms with Gasteiger partial charge in [-0.3, -0.25) is 9.89 Å². The molecule has 2 aromatic rings. The molecule has 0 fully saturated rings. The predicted octanol–water partition coefficient (Wildman–Crippen LogP) is 3.19. The van der Waals surface area contributed by atoms with Crippen molar-refractivity contribution in [2.75, 3.05) is 5.32 Å².